The molecule has 34 heavy (non-hydrogen) atoms. The molecule has 2 aromatic heterocycles. The highest BCUT2D eigenvalue weighted by molar-refractivity contribution is 7.80. The van der Waals surface area contributed by atoms with E-state index in [2.05, 4.69) is 10.3 Å². The summed E-state index contributed by atoms with van der Waals surface area (Å²) in [7, 11) is 3.23. The Hall–Kier alpha value is -3.91. The highest BCUT2D eigenvalue weighted by Gasteiger charge is 2.43. The summed E-state index contributed by atoms with van der Waals surface area (Å²) in [5.74, 6) is 2.32. The molecule has 6 nitrogen and oxygen atoms in total. The van der Waals surface area contributed by atoms with E-state index in [4.69, 9.17) is 26.1 Å². The highest BCUT2D eigenvalue weighted by Crippen LogP contribution is 2.46. The predicted octanol–water partition coefficient (Wildman–Crippen LogP) is 5.68. The summed E-state index contributed by atoms with van der Waals surface area (Å²) >= 11 is 5.79. The Kier molecular flexibility index (Phi) is 5.90. The van der Waals surface area contributed by atoms with E-state index in [-0.39, 0.29) is 17.9 Å². The van der Waals surface area contributed by atoms with E-state index in [1.165, 1.54) is 12.1 Å². The van der Waals surface area contributed by atoms with Gasteiger partial charge in [0.1, 0.15) is 34.9 Å². The van der Waals surface area contributed by atoms with Gasteiger partial charge < -0.3 is 24.1 Å². The average molecular weight is 476 g/mol. The average Bonchev–Trinajstić information content (AvgIpc) is 3.49. The first-order valence-electron chi connectivity index (χ1n) is 10.7. The van der Waals surface area contributed by atoms with Gasteiger partial charge in [0.25, 0.3) is 0 Å². The first kappa shape index (κ1) is 21.9. The maximum atomic E-state index is 13.4. The number of halogens is 1. The first-order chi connectivity index (χ1) is 16.6. The van der Waals surface area contributed by atoms with Crippen LogP contribution in [0.4, 0.5) is 10.1 Å². The van der Waals surface area contributed by atoms with E-state index >= 15 is 0 Å². The molecule has 0 saturated carbocycles. The fraction of sp³-hybridized carbons (Fsp3) is 0.154. The smallest absolute Gasteiger partial charge is 0.174 e. The van der Waals surface area contributed by atoms with Crippen LogP contribution in [0.5, 0.6) is 11.5 Å². The van der Waals surface area contributed by atoms with Gasteiger partial charge in [0.05, 0.1) is 31.6 Å². The number of aromatic nitrogens is 1. The standard InChI is InChI=1S/C26H22FN3O3S/c1-31-18-10-11-22(32-2)20(15-18)30-25(24(29-26(30)34)19-5-3-4-14-28-19)23-13-12-21(33-23)16-6-8-17(27)9-7-16/h3-15,24-25H,1-2H3,(H,29,34). The Morgan fingerprint density at radius 3 is 2.53 bits per heavy atom. The maximum Gasteiger partial charge on any atom is 0.174 e. The van der Waals surface area contributed by atoms with Gasteiger partial charge in [0.15, 0.2) is 5.11 Å². The second-order valence-corrected chi connectivity index (χ2v) is 8.13. The fourth-order valence-corrected chi connectivity index (χ4v) is 4.51. The Bertz CT molecular complexity index is 1310. The summed E-state index contributed by atoms with van der Waals surface area (Å²) in [5, 5.41) is 3.91. The third-order valence-corrected chi connectivity index (χ3v) is 6.11. The minimum absolute atomic E-state index is 0.281. The Balaban J connectivity index is 1.63. The Morgan fingerprint density at radius 1 is 1.00 bits per heavy atom. The molecule has 2 atom stereocenters. The molecular weight excluding hydrogens is 453 g/mol. The number of hydrogen-bond acceptors (Lipinski definition) is 5. The summed E-state index contributed by atoms with van der Waals surface area (Å²) in [6.07, 6.45) is 1.75. The molecular formula is C26H22FN3O3S. The van der Waals surface area contributed by atoms with Gasteiger partial charge in [-0.2, -0.15) is 0 Å². The molecule has 1 N–H and O–H groups in total. The summed E-state index contributed by atoms with van der Waals surface area (Å²) < 4.78 is 30.8. The van der Waals surface area contributed by atoms with E-state index in [1.54, 1.807) is 32.5 Å². The van der Waals surface area contributed by atoms with E-state index < -0.39 is 0 Å². The van der Waals surface area contributed by atoms with Gasteiger partial charge in [-0.3, -0.25) is 4.98 Å². The van der Waals surface area contributed by atoms with Gasteiger partial charge in [0, 0.05) is 17.8 Å². The molecule has 3 heterocycles. The molecule has 0 amide bonds. The molecule has 0 spiro atoms. The molecule has 8 heteroatoms. The van der Waals surface area contributed by atoms with Crippen molar-refractivity contribution in [3.63, 3.8) is 0 Å². The quantitative estimate of drug-likeness (QED) is 0.360. The topological polar surface area (TPSA) is 59.8 Å². The number of nitrogens with zero attached hydrogens (tertiary/aromatic N) is 2. The van der Waals surface area contributed by atoms with Crippen LogP contribution in [0.2, 0.25) is 0 Å². The highest BCUT2D eigenvalue weighted by atomic mass is 32.1. The molecule has 1 aliphatic rings. The second kappa shape index (κ2) is 9.15. The SMILES string of the molecule is COc1ccc(OC)c(N2C(=S)NC(c3ccccn3)C2c2ccc(-c3ccc(F)cc3)o2)c1. The number of thiocarbonyl (C=S) groups is 1. The number of nitrogens with one attached hydrogen (secondary N) is 1. The maximum absolute atomic E-state index is 13.4. The van der Waals surface area contributed by atoms with Crippen molar-refractivity contribution in [2.24, 2.45) is 0 Å². The normalized spacial score (nSPS) is 17.5. The van der Waals surface area contributed by atoms with Crippen LogP contribution in [0.3, 0.4) is 0 Å². The van der Waals surface area contributed by atoms with E-state index in [1.807, 2.05) is 53.4 Å². The predicted molar refractivity (Wildman–Crippen MR) is 132 cm³/mol. The van der Waals surface area contributed by atoms with Crippen molar-refractivity contribution < 1.29 is 18.3 Å². The van der Waals surface area contributed by atoms with E-state index in [9.17, 15) is 4.39 Å². The van der Waals surface area contributed by atoms with Crippen LogP contribution in [-0.4, -0.2) is 24.3 Å². The van der Waals surface area contributed by atoms with Gasteiger partial charge in [-0.05, 0) is 72.9 Å². The van der Waals surface area contributed by atoms with Crippen molar-refractivity contribution in [1.29, 1.82) is 0 Å². The molecule has 172 valence electrons. The van der Waals surface area contributed by atoms with Gasteiger partial charge in [-0.25, -0.2) is 4.39 Å². The lowest BCUT2D eigenvalue weighted by Gasteiger charge is -2.27. The number of pyridine rings is 1. The lowest BCUT2D eigenvalue weighted by Crippen LogP contribution is -2.29. The number of furan rings is 1. The van der Waals surface area contributed by atoms with Crippen LogP contribution in [0.25, 0.3) is 11.3 Å². The molecule has 0 bridgehead atoms. The van der Waals surface area contributed by atoms with Crippen LogP contribution >= 0.6 is 12.2 Å². The van der Waals surface area contributed by atoms with Crippen molar-refractivity contribution in [2.45, 2.75) is 12.1 Å². The molecule has 5 rings (SSSR count). The Morgan fingerprint density at radius 2 is 1.82 bits per heavy atom. The number of hydrogen-bond donors (Lipinski definition) is 1. The lowest BCUT2D eigenvalue weighted by atomic mass is 10.0. The van der Waals surface area contributed by atoms with Gasteiger partial charge in [-0.15, -0.1) is 0 Å². The zero-order valence-electron chi connectivity index (χ0n) is 18.6. The van der Waals surface area contributed by atoms with Crippen molar-refractivity contribution >= 4 is 23.0 Å². The zero-order chi connectivity index (χ0) is 23.7. The summed E-state index contributed by atoms with van der Waals surface area (Å²) in [5.41, 5.74) is 2.34. The summed E-state index contributed by atoms with van der Waals surface area (Å²) in [4.78, 5) is 6.52. The third-order valence-electron chi connectivity index (χ3n) is 5.79. The van der Waals surface area contributed by atoms with Crippen molar-refractivity contribution in [3.05, 3.63) is 96.3 Å². The third kappa shape index (κ3) is 3.97. The number of anilines is 1. The molecule has 0 aliphatic carbocycles. The molecule has 1 fully saturated rings. The van der Waals surface area contributed by atoms with Crippen molar-refractivity contribution in [1.82, 2.24) is 10.3 Å². The second-order valence-electron chi connectivity index (χ2n) is 7.74. The summed E-state index contributed by atoms with van der Waals surface area (Å²) in [6.45, 7) is 0. The van der Waals surface area contributed by atoms with Crippen LogP contribution in [0, 0.1) is 5.82 Å². The van der Waals surface area contributed by atoms with E-state index in [0.29, 0.717) is 28.1 Å². The number of rotatable bonds is 6. The monoisotopic (exact) mass is 475 g/mol. The van der Waals surface area contributed by atoms with Crippen LogP contribution < -0.4 is 19.7 Å². The lowest BCUT2D eigenvalue weighted by molar-refractivity contribution is 0.400. The molecule has 2 aromatic carbocycles. The minimum Gasteiger partial charge on any atom is -0.497 e. The molecule has 1 aliphatic heterocycles. The molecule has 2 unspecified atom stereocenters. The molecule has 1 saturated heterocycles. The number of methoxy groups -OCH3 is 2. The van der Waals surface area contributed by atoms with Gasteiger partial charge >= 0.3 is 0 Å². The minimum atomic E-state index is -0.363. The summed E-state index contributed by atoms with van der Waals surface area (Å²) in [6, 6.07) is 20.6. The van der Waals surface area contributed by atoms with Crippen molar-refractivity contribution in [2.75, 3.05) is 19.1 Å². The van der Waals surface area contributed by atoms with Crippen LogP contribution in [0.1, 0.15) is 23.5 Å². The van der Waals surface area contributed by atoms with Crippen LogP contribution in [-0.2, 0) is 0 Å². The zero-order valence-corrected chi connectivity index (χ0v) is 19.4. The number of benzene rings is 2. The van der Waals surface area contributed by atoms with E-state index in [0.717, 1.165) is 16.9 Å². The van der Waals surface area contributed by atoms with Crippen molar-refractivity contribution in [3.8, 4) is 22.8 Å². The molecule has 0 radical (unpaired) electrons. The molecule has 4 aromatic rings. The first-order valence-corrected chi connectivity index (χ1v) is 11.1. The Labute approximate surface area is 201 Å². The largest absolute Gasteiger partial charge is 0.497 e. The van der Waals surface area contributed by atoms with Gasteiger partial charge in [0.2, 0.25) is 0 Å². The number of ether oxygens (including phenoxy) is 2. The fourth-order valence-electron chi connectivity index (χ4n) is 4.17. The van der Waals surface area contributed by atoms with Gasteiger partial charge in [-0.1, -0.05) is 6.07 Å². The van der Waals surface area contributed by atoms with Crippen LogP contribution in [0.15, 0.2) is 83.4 Å².